The Balaban J connectivity index is 0.000000156. The van der Waals surface area contributed by atoms with Crippen LogP contribution in [0.25, 0.3) is 0 Å². The van der Waals surface area contributed by atoms with Gasteiger partial charge in [-0.25, -0.2) is 4.79 Å². The van der Waals surface area contributed by atoms with Crippen molar-refractivity contribution in [3.63, 3.8) is 0 Å². The van der Waals surface area contributed by atoms with Crippen LogP contribution in [0.1, 0.15) is 45.0 Å². The molecule has 0 aromatic carbocycles. The number of carbonyl (C=O) groups is 1. The summed E-state index contributed by atoms with van der Waals surface area (Å²) >= 11 is 0. The number of nitrogens with one attached hydrogen (secondary N) is 1. The number of rotatable bonds is 0. The lowest BCUT2D eigenvalue weighted by molar-refractivity contribution is 0.0268. The summed E-state index contributed by atoms with van der Waals surface area (Å²) in [4.78, 5) is 13.8. The van der Waals surface area contributed by atoms with Crippen molar-refractivity contribution in [2.24, 2.45) is 22.7 Å². The fraction of sp³-hybridized carbons (Fsp3) is 0.519. The number of piperidine rings is 2. The van der Waals surface area contributed by atoms with E-state index in [-0.39, 0.29) is 16.9 Å². The molecule has 2 aliphatic carbocycles. The van der Waals surface area contributed by atoms with Gasteiger partial charge in [0.15, 0.2) is 0 Å². The number of fused-ring (bicyclic) bond motifs is 2. The first-order chi connectivity index (χ1) is 16.8. The average molecular weight is 471 g/mol. The maximum atomic E-state index is 12.1. The molecular weight excluding hydrogens is 440 g/mol. The third-order valence-electron chi connectivity index (χ3n) is 6.88. The number of amides is 1. The summed E-state index contributed by atoms with van der Waals surface area (Å²) in [5, 5.41) is 18.9. The molecule has 2 aliphatic heterocycles. The van der Waals surface area contributed by atoms with Crippen molar-refractivity contribution in [2.75, 3.05) is 26.2 Å². The Morgan fingerprint density at radius 2 is 1.66 bits per heavy atom. The van der Waals surface area contributed by atoms with E-state index in [1.165, 1.54) is 6.42 Å². The van der Waals surface area contributed by atoms with E-state index in [9.17, 15) is 4.79 Å². The second-order valence-electron chi connectivity index (χ2n) is 10.8. The lowest BCUT2D eigenvalue weighted by Gasteiger charge is -2.25. The van der Waals surface area contributed by atoms with E-state index in [2.05, 4.69) is 49.4 Å². The summed E-state index contributed by atoms with van der Waals surface area (Å²) in [7, 11) is 0. The third-order valence-corrected chi connectivity index (χ3v) is 6.88. The summed E-state index contributed by atoms with van der Waals surface area (Å²) in [6.07, 6.45) is 5.37. The standard InChI is InChI=1S/C16H19N3O2.C11H11N3/c1-15(2,3)21-14(20)19-10-12-9-16(12,11-19)7-6-13-5-4-8-17-18-13;1-2-10(14-13-5-1)3-4-11-6-9(11)7-12-8-11/h4-5,8,12H,9-11H2,1-3H3;1-2,5,9,12H,6-8H2. The molecule has 4 atom stereocenters. The quantitative estimate of drug-likeness (QED) is 0.592. The molecule has 8 nitrogen and oxygen atoms in total. The van der Waals surface area contributed by atoms with Crippen LogP contribution in [-0.2, 0) is 4.74 Å². The smallest absolute Gasteiger partial charge is 0.410 e. The van der Waals surface area contributed by atoms with Crippen LogP contribution < -0.4 is 5.32 Å². The van der Waals surface area contributed by atoms with Gasteiger partial charge in [-0.15, -0.1) is 10.2 Å². The highest BCUT2D eigenvalue weighted by Crippen LogP contribution is 2.57. The highest BCUT2D eigenvalue weighted by Gasteiger charge is 2.60. The second-order valence-corrected chi connectivity index (χ2v) is 10.8. The van der Waals surface area contributed by atoms with Crippen LogP contribution in [0.3, 0.4) is 0 Å². The number of aromatic nitrogens is 4. The summed E-state index contributed by atoms with van der Waals surface area (Å²) in [6.45, 7) is 9.21. The summed E-state index contributed by atoms with van der Waals surface area (Å²) in [5.41, 5.74) is 1.21. The maximum Gasteiger partial charge on any atom is 0.410 e. The van der Waals surface area contributed by atoms with Gasteiger partial charge in [0.05, 0.1) is 5.41 Å². The molecule has 1 N–H and O–H groups in total. The third kappa shape index (κ3) is 5.44. The molecule has 2 saturated carbocycles. The Morgan fingerprint density at radius 3 is 2.17 bits per heavy atom. The maximum absolute atomic E-state index is 12.1. The molecule has 2 aromatic heterocycles. The van der Waals surface area contributed by atoms with Crippen LogP contribution in [0, 0.1) is 46.3 Å². The van der Waals surface area contributed by atoms with Gasteiger partial charge in [0.25, 0.3) is 0 Å². The van der Waals surface area contributed by atoms with Crippen molar-refractivity contribution in [3.8, 4) is 23.7 Å². The minimum atomic E-state index is -0.456. The highest BCUT2D eigenvalue weighted by atomic mass is 16.6. The van der Waals surface area contributed by atoms with Crippen molar-refractivity contribution in [1.82, 2.24) is 30.6 Å². The molecule has 4 unspecified atom stereocenters. The normalized spacial score (nSPS) is 29.2. The van der Waals surface area contributed by atoms with Crippen molar-refractivity contribution in [1.29, 1.82) is 0 Å². The van der Waals surface area contributed by atoms with Gasteiger partial charge in [-0.3, -0.25) is 0 Å². The molecule has 0 radical (unpaired) electrons. The van der Waals surface area contributed by atoms with Gasteiger partial charge < -0.3 is 15.0 Å². The second kappa shape index (κ2) is 8.94. The first-order valence-electron chi connectivity index (χ1n) is 12.1. The molecule has 4 fully saturated rings. The Bertz CT molecular complexity index is 1210. The highest BCUT2D eigenvalue weighted by molar-refractivity contribution is 5.69. The Morgan fingerprint density at radius 1 is 1.03 bits per heavy atom. The first-order valence-corrected chi connectivity index (χ1v) is 12.1. The molecule has 4 heterocycles. The molecule has 2 saturated heterocycles. The topological polar surface area (TPSA) is 93.1 Å². The van der Waals surface area contributed by atoms with Crippen molar-refractivity contribution in [2.45, 2.75) is 39.2 Å². The molecule has 180 valence electrons. The number of hydrogen-bond donors (Lipinski definition) is 1. The van der Waals surface area contributed by atoms with Crippen molar-refractivity contribution < 1.29 is 9.53 Å². The fourth-order valence-corrected chi connectivity index (χ4v) is 4.79. The lowest BCUT2D eigenvalue weighted by Crippen LogP contribution is -2.37. The zero-order chi connectivity index (χ0) is 24.5. The minimum Gasteiger partial charge on any atom is -0.444 e. The molecule has 8 heteroatoms. The van der Waals surface area contributed by atoms with Crippen LogP contribution in [0.15, 0.2) is 36.7 Å². The molecule has 6 rings (SSSR count). The molecule has 4 aliphatic rings. The molecule has 1 amide bonds. The number of carbonyl (C=O) groups excluding carboxylic acids is 1. The number of nitrogens with zero attached hydrogens (tertiary/aromatic N) is 5. The fourth-order valence-electron chi connectivity index (χ4n) is 4.79. The predicted octanol–water partition coefficient (Wildman–Crippen LogP) is 2.52. The van der Waals surface area contributed by atoms with E-state index in [0.717, 1.165) is 37.7 Å². The number of likely N-dealkylation sites (tertiary alicyclic amines) is 1. The number of hydrogen-bond acceptors (Lipinski definition) is 7. The molecular formula is C27H30N6O2. The van der Waals surface area contributed by atoms with E-state index < -0.39 is 5.60 Å². The van der Waals surface area contributed by atoms with E-state index >= 15 is 0 Å². The molecule has 0 spiro atoms. The van der Waals surface area contributed by atoms with Gasteiger partial charge in [-0.05, 0) is 88.1 Å². The zero-order valence-electron chi connectivity index (χ0n) is 20.4. The van der Waals surface area contributed by atoms with Crippen LogP contribution in [0.5, 0.6) is 0 Å². The Kier molecular flexibility index (Phi) is 5.94. The SMILES string of the molecule is C(#CC12CNCC1C2)c1cccnn1.CC(C)(C)OC(=O)N1CC2CC2(C#Cc2cccnn2)C1. The van der Waals surface area contributed by atoms with Gasteiger partial charge in [0.1, 0.15) is 17.0 Å². The minimum absolute atomic E-state index is 0.0611. The van der Waals surface area contributed by atoms with Crippen molar-refractivity contribution >= 4 is 6.09 Å². The number of ether oxygens (including phenoxy) is 1. The predicted molar refractivity (Wildman–Crippen MR) is 130 cm³/mol. The zero-order valence-corrected chi connectivity index (χ0v) is 20.4. The lowest BCUT2D eigenvalue weighted by atomic mass is 10.1. The molecule has 35 heavy (non-hydrogen) atoms. The van der Waals surface area contributed by atoms with Crippen LogP contribution in [-0.4, -0.2) is 63.2 Å². The summed E-state index contributed by atoms with van der Waals surface area (Å²) in [6, 6.07) is 7.43. The van der Waals surface area contributed by atoms with E-state index in [4.69, 9.17) is 4.74 Å². The molecule has 0 bridgehead atoms. The van der Waals surface area contributed by atoms with Gasteiger partial charge in [-0.2, -0.15) is 10.2 Å². The largest absolute Gasteiger partial charge is 0.444 e. The van der Waals surface area contributed by atoms with Crippen molar-refractivity contribution in [3.05, 3.63) is 48.0 Å². The van der Waals surface area contributed by atoms with Crippen LogP contribution in [0.4, 0.5) is 4.79 Å². The van der Waals surface area contributed by atoms with Gasteiger partial charge in [-0.1, -0.05) is 11.8 Å². The first kappa shape index (κ1) is 23.3. The van der Waals surface area contributed by atoms with E-state index in [1.54, 1.807) is 17.3 Å². The van der Waals surface area contributed by atoms with E-state index in [1.807, 2.05) is 45.0 Å². The van der Waals surface area contributed by atoms with Crippen LogP contribution in [0.2, 0.25) is 0 Å². The van der Waals surface area contributed by atoms with Gasteiger partial charge >= 0.3 is 6.09 Å². The average Bonchev–Trinajstić information content (AvgIpc) is 3.62. The van der Waals surface area contributed by atoms with Crippen LogP contribution >= 0.6 is 0 Å². The summed E-state index contributed by atoms with van der Waals surface area (Å²) in [5.74, 6) is 14.1. The molecule has 2 aromatic rings. The monoisotopic (exact) mass is 470 g/mol. The van der Waals surface area contributed by atoms with E-state index in [0.29, 0.717) is 18.2 Å². The Hall–Kier alpha value is -3.49. The Labute approximate surface area is 206 Å². The van der Waals surface area contributed by atoms with Gasteiger partial charge in [0.2, 0.25) is 0 Å². The summed E-state index contributed by atoms with van der Waals surface area (Å²) < 4.78 is 5.41. The van der Waals surface area contributed by atoms with Gasteiger partial charge in [0, 0.05) is 37.4 Å².